The van der Waals surface area contributed by atoms with Gasteiger partial charge in [-0.3, -0.25) is 0 Å². The van der Waals surface area contributed by atoms with Crippen LogP contribution in [0.3, 0.4) is 0 Å². The maximum absolute atomic E-state index is 11.8. The van der Waals surface area contributed by atoms with Crippen molar-refractivity contribution in [3.8, 4) is 0 Å². The first-order valence-corrected chi connectivity index (χ1v) is 6.57. The maximum Gasteiger partial charge on any atom is 0.410 e. The van der Waals surface area contributed by atoms with Crippen molar-refractivity contribution in [2.75, 3.05) is 20.3 Å². The maximum atomic E-state index is 11.8. The van der Waals surface area contributed by atoms with E-state index in [1.54, 1.807) is 14.0 Å². The Morgan fingerprint density at radius 2 is 1.90 bits per heavy atom. The third kappa shape index (κ3) is 6.47. The van der Waals surface area contributed by atoms with Gasteiger partial charge in [0.2, 0.25) is 0 Å². The quantitative estimate of drug-likeness (QED) is 0.637. The minimum atomic E-state index is -0.552. The Balaban J connectivity index is 2.41. The Hall–Kier alpha value is -2.50. The number of amides is 1. The van der Waals surface area contributed by atoms with Crippen LogP contribution in [0.5, 0.6) is 0 Å². The van der Waals surface area contributed by atoms with Gasteiger partial charge in [-0.1, -0.05) is 30.3 Å². The summed E-state index contributed by atoms with van der Waals surface area (Å²) in [4.78, 5) is 24.3. The predicted molar refractivity (Wildman–Crippen MR) is 78.2 cm³/mol. The average Bonchev–Trinajstić information content (AvgIpc) is 2.46. The average molecular weight is 292 g/mol. The molecule has 0 atom stereocenters. The summed E-state index contributed by atoms with van der Waals surface area (Å²) in [5.74, 6) is -0.552. The van der Waals surface area contributed by atoms with Crippen LogP contribution in [0.2, 0.25) is 0 Å². The van der Waals surface area contributed by atoms with Gasteiger partial charge in [-0.05, 0) is 12.5 Å². The fraction of sp³-hybridized carbons (Fsp3) is 0.333. The highest BCUT2D eigenvalue weighted by atomic mass is 16.6. The molecule has 6 nitrogen and oxygen atoms in total. The lowest BCUT2D eigenvalue weighted by Gasteiger charge is -2.17. The van der Waals surface area contributed by atoms with Gasteiger partial charge in [-0.2, -0.15) is 0 Å². The first-order chi connectivity index (χ1) is 10.0. The molecule has 1 aromatic rings. The molecular formula is C15H20N2O4. The summed E-state index contributed by atoms with van der Waals surface area (Å²) in [6.07, 6.45) is 0.590. The van der Waals surface area contributed by atoms with Gasteiger partial charge < -0.3 is 20.1 Å². The summed E-state index contributed by atoms with van der Waals surface area (Å²) >= 11 is 0. The monoisotopic (exact) mass is 292 g/mol. The van der Waals surface area contributed by atoms with E-state index in [0.717, 1.165) is 11.6 Å². The van der Waals surface area contributed by atoms with Gasteiger partial charge in [0.1, 0.15) is 6.61 Å². The van der Waals surface area contributed by atoms with Gasteiger partial charge in [0, 0.05) is 19.7 Å². The van der Waals surface area contributed by atoms with E-state index in [0.29, 0.717) is 6.54 Å². The van der Waals surface area contributed by atoms with Crippen molar-refractivity contribution in [2.24, 2.45) is 5.73 Å². The lowest BCUT2D eigenvalue weighted by atomic mass is 10.2. The Bertz CT molecular complexity index is 500. The van der Waals surface area contributed by atoms with Crippen molar-refractivity contribution in [2.45, 2.75) is 13.5 Å². The molecule has 1 amide bonds. The molecule has 21 heavy (non-hydrogen) atoms. The number of carbonyl (C=O) groups is 2. The second kappa shape index (κ2) is 8.63. The molecule has 6 heteroatoms. The minimum absolute atomic E-state index is 0.134. The molecule has 0 unspecified atom stereocenters. The molecule has 2 N–H and O–H groups in total. The van der Waals surface area contributed by atoms with E-state index in [9.17, 15) is 9.59 Å². The molecule has 1 aromatic carbocycles. The molecule has 0 radical (unpaired) electrons. The van der Waals surface area contributed by atoms with Crippen LogP contribution in [0.25, 0.3) is 0 Å². The van der Waals surface area contributed by atoms with E-state index >= 15 is 0 Å². The molecule has 0 aliphatic carbocycles. The number of nitrogens with two attached hydrogens (primary N) is 1. The van der Waals surface area contributed by atoms with Crippen LogP contribution in [0.4, 0.5) is 4.79 Å². The third-order valence-corrected chi connectivity index (χ3v) is 2.53. The Morgan fingerprint density at radius 1 is 1.24 bits per heavy atom. The molecule has 0 fully saturated rings. The largest absolute Gasteiger partial charge is 0.463 e. The smallest absolute Gasteiger partial charge is 0.410 e. The fourth-order valence-corrected chi connectivity index (χ4v) is 1.55. The topological polar surface area (TPSA) is 81.9 Å². The molecule has 0 saturated carbocycles. The standard InChI is InChI=1S/C15H20N2O4/c1-3-20-14(18)9-13(16)11-21-15(19)17(2)10-12-7-5-4-6-8-12/h4-9H,3,10-11,16H2,1-2H3/b13-9-. The minimum Gasteiger partial charge on any atom is -0.463 e. The summed E-state index contributed by atoms with van der Waals surface area (Å²) in [6.45, 7) is 2.24. The van der Waals surface area contributed by atoms with E-state index in [2.05, 4.69) is 0 Å². The molecule has 0 spiro atoms. The van der Waals surface area contributed by atoms with E-state index in [1.807, 2.05) is 30.3 Å². The van der Waals surface area contributed by atoms with E-state index in [4.69, 9.17) is 15.2 Å². The SMILES string of the molecule is CCOC(=O)/C=C(\N)COC(=O)N(C)Cc1ccccc1. The van der Waals surface area contributed by atoms with Crippen molar-refractivity contribution >= 4 is 12.1 Å². The van der Waals surface area contributed by atoms with Gasteiger partial charge in [0.05, 0.1) is 12.3 Å². The molecule has 0 aliphatic rings. The molecule has 0 heterocycles. The molecule has 0 saturated heterocycles. The van der Waals surface area contributed by atoms with Crippen LogP contribution in [0.15, 0.2) is 42.1 Å². The zero-order chi connectivity index (χ0) is 15.7. The zero-order valence-corrected chi connectivity index (χ0v) is 12.2. The lowest BCUT2D eigenvalue weighted by molar-refractivity contribution is -0.137. The lowest BCUT2D eigenvalue weighted by Crippen LogP contribution is -2.28. The second-order valence-electron chi connectivity index (χ2n) is 4.37. The number of esters is 1. The summed E-state index contributed by atoms with van der Waals surface area (Å²) in [5.41, 5.74) is 6.70. The molecule has 114 valence electrons. The Kier molecular flexibility index (Phi) is 6.80. The number of ether oxygens (including phenoxy) is 2. The zero-order valence-electron chi connectivity index (χ0n) is 12.2. The molecule has 0 bridgehead atoms. The van der Waals surface area contributed by atoms with Crippen LogP contribution in [-0.4, -0.2) is 37.2 Å². The van der Waals surface area contributed by atoms with E-state index in [1.165, 1.54) is 4.90 Å². The van der Waals surface area contributed by atoms with Crippen molar-refractivity contribution < 1.29 is 19.1 Å². The van der Waals surface area contributed by atoms with E-state index < -0.39 is 12.1 Å². The number of nitrogens with zero attached hydrogens (tertiary/aromatic N) is 1. The first kappa shape index (κ1) is 16.6. The van der Waals surface area contributed by atoms with Crippen molar-refractivity contribution in [1.82, 2.24) is 4.90 Å². The van der Waals surface area contributed by atoms with Gasteiger partial charge >= 0.3 is 12.1 Å². The fourth-order valence-electron chi connectivity index (χ4n) is 1.55. The molecule has 0 aliphatic heterocycles. The van der Waals surface area contributed by atoms with Gasteiger partial charge in [-0.25, -0.2) is 9.59 Å². The van der Waals surface area contributed by atoms with Gasteiger partial charge in [0.25, 0.3) is 0 Å². The van der Waals surface area contributed by atoms with Crippen LogP contribution in [0.1, 0.15) is 12.5 Å². The number of carbonyl (C=O) groups excluding carboxylic acids is 2. The summed E-state index contributed by atoms with van der Waals surface area (Å²) in [7, 11) is 1.63. The summed E-state index contributed by atoms with van der Waals surface area (Å²) < 4.78 is 9.70. The highest BCUT2D eigenvalue weighted by Crippen LogP contribution is 2.04. The highest BCUT2D eigenvalue weighted by Gasteiger charge is 2.11. The van der Waals surface area contributed by atoms with Crippen molar-refractivity contribution in [3.63, 3.8) is 0 Å². The second-order valence-corrected chi connectivity index (χ2v) is 4.37. The molecule has 0 aromatic heterocycles. The first-order valence-electron chi connectivity index (χ1n) is 6.57. The van der Waals surface area contributed by atoms with Gasteiger partial charge in [-0.15, -0.1) is 0 Å². The van der Waals surface area contributed by atoms with Crippen LogP contribution < -0.4 is 5.73 Å². The molecule has 1 rings (SSSR count). The predicted octanol–water partition coefficient (Wildman–Crippen LogP) is 1.66. The van der Waals surface area contributed by atoms with Crippen LogP contribution in [-0.2, 0) is 20.8 Å². The third-order valence-electron chi connectivity index (χ3n) is 2.53. The van der Waals surface area contributed by atoms with Crippen LogP contribution >= 0.6 is 0 Å². The van der Waals surface area contributed by atoms with Crippen molar-refractivity contribution in [3.05, 3.63) is 47.7 Å². The summed E-state index contributed by atoms with van der Waals surface area (Å²) in [6, 6.07) is 9.53. The van der Waals surface area contributed by atoms with Crippen molar-refractivity contribution in [1.29, 1.82) is 0 Å². The molecular weight excluding hydrogens is 272 g/mol. The Labute approximate surface area is 124 Å². The number of hydrogen-bond acceptors (Lipinski definition) is 5. The van der Waals surface area contributed by atoms with Crippen LogP contribution in [0, 0.1) is 0 Å². The number of rotatable bonds is 6. The number of benzene rings is 1. The van der Waals surface area contributed by atoms with Gasteiger partial charge in [0.15, 0.2) is 0 Å². The normalized spacial score (nSPS) is 10.9. The summed E-state index contributed by atoms with van der Waals surface area (Å²) in [5, 5.41) is 0. The number of hydrogen-bond donors (Lipinski definition) is 1. The Morgan fingerprint density at radius 3 is 2.52 bits per heavy atom. The highest BCUT2D eigenvalue weighted by molar-refractivity contribution is 5.82. The van der Waals surface area contributed by atoms with E-state index in [-0.39, 0.29) is 18.9 Å².